The number of hydrogen-bond acceptors (Lipinski definition) is 3. The lowest BCUT2D eigenvalue weighted by atomic mass is 9.75. The third kappa shape index (κ3) is 1.48. The molecule has 1 saturated carbocycles. The first kappa shape index (κ1) is 10.7. The molecule has 2 aromatic rings. The Balaban J connectivity index is 2.21. The first-order chi connectivity index (χ1) is 8.27. The van der Waals surface area contributed by atoms with Crippen LogP contribution >= 0.6 is 15.9 Å². The zero-order valence-corrected chi connectivity index (χ0v) is 10.8. The van der Waals surface area contributed by atoms with E-state index >= 15 is 0 Å². The van der Waals surface area contributed by atoms with Gasteiger partial charge in [0.15, 0.2) is 5.65 Å². The van der Waals surface area contributed by atoms with Crippen LogP contribution in [0.1, 0.15) is 25.7 Å². The van der Waals surface area contributed by atoms with Crippen molar-refractivity contribution >= 4 is 27.0 Å². The number of hydrogen-bond donors (Lipinski definition) is 0. The SMILES string of the molecule is N#CCC1(n2nc(Br)c3cccnc32)CCC1. The molecule has 0 bridgehead atoms. The zero-order chi connectivity index (χ0) is 11.9. The molecule has 0 saturated heterocycles. The number of rotatable bonds is 2. The van der Waals surface area contributed by atoms with E-state index < -0.39 is 0 Å². The molecule has 1 aliphatic carbocycles. The Morgan fingerprint density at radius 1 is 1.53 bits per heavy atom. The van der Waals surface area contributed by atoms with Crippen LogP contribution in [0, 0.1) is 11.3 Å². The lowest BCUT2D eigenvalue weighted by molar-refractivity contribution is 0.135. The Morgan fingerprint density at radius 3 is 3.00 bits per heavy atom. The van der Waals surface area contributed by atoms with Gasteiger partial charge in [-0.1, -0.05) is 0 Å². The first-order valence-corrected chi connectivity index (χ1v) is 6.43. The van der Waals surface area contributed by atoms with E-state index in [0.717, 1.165) is 34.9 Å². The van der Waals surface area contributed by atoms with E-state index in [4.69, 9.17) is 5.26 Å². The smallest absolute Gasteiger partial charge is 0.159 e. The van der Waals surface area contributed by atoms with Crippen LogP contribution in [0.3, 0.4) is 0 Å². The van der Waals surface area contributed by atoms with Crippen molar-refractivity contribution in [2.24, 2.45) is 0 Å². The molecule has 0 N–H and O–H groups in total. The monoisotopic (exact) mass is 290 g/mol. The molecule has 0 spiro atoms. The standard InChI is InChI=1S/C12H11BrN4/c13-10-9-3-1-8-15-11(9)17(16-10)12(6-7-14)4-2-5-12/h1,3,8H,2,4-6H2. The molecular weight excluding hydrogens is 280 g/mol. The second-order valence-electron chi connectivity index (χ2n) is 4.49. The van der Waals surface area contributed by atoms with Gasteiger partial charge in [-0.05, 0) is 47.3 Å². The van der Waals surface area contributed by atoms with E-state index in [2.05, 4.69) is 32.1 Å². The van der Waals surface area contributed by atoms with Crippen LogP contribution in [0.5, 0.6) is 0 Å². The fraction of sp³-hybridized carbons (Fsp3) is 0.417. The maximum Gasteiger partial charge on any atom is 0.159 e. The van der Waals surface area contributed by atoms with Crippen LogP contribution in [-0.4, -0.2) is 14.8 Å². The maximum atomic E-state index is 8.98. The lowest BCUT2D eigenvalue weighted by Crippen LogP contribution is -2.41. The first-order valence-electron chi connectivity index (χ1n) is 5.63. The van der Waals surface area contributed by atoms with Crippen LogP contribution < -0.4 is 0 Å². The molecule has 0 atom stereocenters. The second kappa shape index (κ2) is 3.81. The maximum absolute atomic E-state index is 8.98. The predicted molar refractivity (Wildman–Crippen MR) is 67.3 cm³/mol. The summed E-state index contributed by atoms with van der Waals surface area (Å²) in [5, 5.41) is 14.5. The summed E-state index contributed by atoms with van der Waals surface area (Å²) in [6, 6.07) is 6.17. The number of pyridine rings is 1. The van der Waals surface area contributed by atoms with Gasteiger partial charge in [-0.15, -0.1) is 0 Å². The Bertz CT molecular complexity index is 606. The number of nitriles is 1. The quantitative estimate of drug-likeness (QED) is 0.854. The van der Waals surface area contributed by atoms with Crippen molar-refractivity contribution in [2.75, 3.05) is 0 Å². The second-order valence-corrected chi connectivity index (χ2v) is 5.24. The van der Waals surface area contributed by atoms with Gasteiger partial charge in [0.1, 0.15) is 4.60 Å². The molecule has 0 amide bonds. The van der Waals surface area contributed by atoms with E-state index in [9.17, 15) is 0 Å². The third-order valence-electron chi connectivity index (χ3n) is 3.54. The van der Waals surface area contributed by atoms with Crippen LogP contribution in [0.4, 0.5) is 0 Å². The topological polar surface area (TPSA) is 54.5 Å². The number of aromatic nitrogens is 3. The van der Waals surface area contributed by atoms with Gasteiger partial charge in [0.25, 0.3) is 0 Å². The van der Waals surface area contributed by atoms with Gasteiger partial charge in [0.05, 0.1) is 23.4 Å². The third-order valence-corrected chi connectivity index (χ3v) is 4.12. The van der Waals surface area contributed by atoms with Crippen molar-refractivity contribution in [3.63, 3.8) is 0 Å². The van der Waals surface area contributed by atoms with Crippen molar-refractivity contribution in [2.45, 2.75) is 31.2 Å². The Morgan fingerprint density at radius 2 is 2.35 bits per heavy atom. The van der Waals surface area contributed by atoms with E-state index in [-0.39, 0.29) is 5.54 Å². The van der Waals surface area contributed by atoms with Crippen LogP contribution in [-0.2, 0) is 5.54 Å². The van der Waals surface area contributed by atoms with Crippen molar-refractivity contribution in [3.05, 3.63) is 22.9 Å². The minimum absolute atomic E-state index is 0.132. The molecule has 2 aromatic heterocycles. The lowest BCUT2D eigenvalue weighted by Gasteiger charge is -2.40. The molecule has 5 heteroatoms. The molecule has 1 aliphatic rings. The number of halogens is 1. The molecule has 2 heterocycles. The van der Waals surface area contributed by atoms with Gasteiger partial charge in [0.2, 0.25) is 0 Å². The molecule has 4 nitrogen and oxygen atoms in total. The average Bonchev–Trinajstić information content (AvgIpc) is 2.63. The number of fused-ring (bicyclic) bond motifs is 1. The van der Waals surface area contributed by atoms with Gasteiger partial charge < -0.3 is 0 Å². The van der Waals surface area contributed by atoms with Crippen molar-refractivity contribution < 1.29 is 0 Å². The van der Waals surface area contributed by atoms with Gasteiger partial charge in [-0.2, -0.15) is 10.4 Å². The van der Waals surface area contributed by atoms with Crippen molar-refractivity contribution in [1.29, 1.82) is 5.26 Å². The Hall–Kier alpha value is -1.41. The van der Waals surface area contributed by atoms with Gasteiger partial charge in [-0.3, -0.25) is 0 Å². The summed E-state index contributed by atoms with van der Waals surface area (Å²) in [4.78, 5) is 4.39. The molecule has 1 fully saturated rings. The van der Waals surface area contributed by atoms with Gasteiger partial charge >= 0.3 is 0 Å². The summed E-state index contributed by atoms with van der Waals surface area (Å²) in [6.07, 6.45) is 5.46. The molecule has 0 radical (unpaired) electrons. The van der Waals surface area contributed by atoms with E-state index in [1.165, 1.54) is 0 Å². The fourth-order valence-electron chi connectivity index (χ4n) is 2.44. The van der Waals surface area contributed by atoms with Crippen LogP contribution in [0.2, 0.25) is 0 Å². The highest BCUT2D eigenvalue weighted by molar-refractivity contribution is 9.10. The van der Waals surface area contributed by atoms with Gasteiger partial charge in [0, 0.05) is 6.20 Å². The molecule has 0 unspecified atom stereocenters. The fourth-order valence-corrected chi connectivity index (χ4v) is 2.91. The molecule has 86 valence electrons. The van der Waals surface area contributed by atoms with Crippen LogP contribution in [0.25, 0.3) is 11.0 Å². The summed E-state index contributed by atoms with van der Waals surface area (Å²) in [5.74, 6) is 0. The average molecular weight is 291 g/mol. The highest BCUT2D eigenvalue weighted by Crippen LogP contribution is 2.43. The van der Waals surface area contributed by atoms with Crippen molar-refractivity contribution in [3.8, 4) is 6.07 Å². The zero-order valence-electron chi connectivity index (χ0n) is 9.23. The highest BCUT2D eigenvalue weighted by Gasteiger charge is 2.41. The minimum atomic E-state index is -0.132. The van der Waals surface area contributed by atoms with E-state index in [0.29, 0.717) is 6.42 Å². The van der Waals surface area contributed by atoms with E-state index in [1.54, 1.807) is 6.20 Å². The molecule has 0 aromatic carbocycles. The largest absolute Gasteiger partial charge is 0.239 e. The van der Waals surface area contributed by atoms with E-state index in [1.807, 2.05) is 16.8 Å². The Kier molecular flexibility index (Phi) is 2.40. The van der Waals surface area contributed by atoms with Crippen LogP contribution in [0.15, 0.2) is 22.9 Å². The summed E-state index contributed by atoms with van der Waals surface area (Å²) in [5.41, 5.74) is 0.738. The number of nitrogens with zero attached hydrogens (tertiary/aromatic N) is 4. The minimum Gasteiger partial charge on any atom is -0.239 e. The predicted octanol–water partition coefficient (Wildman–Crippen LogP) is 2.99. The molecule has 0 aliphatic heterocycles. The summed E-state index contributed by atoms with van der Waals surface area (Å²) in [7, 11) is 0. The van der Waals surface area contributed by atoms with Gasteiger partial charge in [-0.25, -0.2) is 9.67 Å². The summed E-state index contributed by atoms with van der Waals surface area (Å²) < 4.78 is 2.75. The highest BCUT2D eigenvalue weighted by atomic mass is 79.9. The summed E-state index contributed by atoms with van der Waals surface area (Å²) >= 11 is 3.46. The molecule has 17 heavy (non-hydrogen) atoms. The normalized spacial score (nSPS) is 17.6. The Labute approximate surface area is 107 Å². The summed E-state index contributed by atoms with van der Waals surface area (Å²) in [6.45, 7) is 0. The molecule has 3 rings (SSSR count). The van der Waals surface area contributed by atoms with Crippen molar-refractivity contribution in [1.82, 2.24) is 14.8 Å². The molecular formula is C12H11BrN4.